The second-order valence-corrected chi connectivity index (χ2v) is 10.4. The standard InChI is InChI=1S/C14H21ClN2O3S2/c1-14(2,3)16-13(18)10-6-8-17(9-7-10)22(19,20)12-5-4-11(15)21-12/h4-5,10H,6-9H2,1-3H3,(H,16,18). The Kier molecular flexibility index (Phi) is 5.21. The van der Waals surface area contributed by atoms with Gasteiger partial charge in [0.05, 0.1) is 4.34 Å². The molecule has 0 bridgehead atoms. The molecule has 1 aromatic heterocycles. The molecule has 2 heterocycles. The summed E-state index contributed by atoms with van der Waals surface area (Å²) in [6, 6.07) is 3.11. The average molecular weight is 365 g/mol. The van der Waals surface area contributed by atoms with Gasteiger partial charge in [0.25, 0.3) is 10.0 Å². The number of carbonyl (C=O) groups excluding carboxylic acids is 1. The number of nitrogens with one attached hydrogen (secondary N) is 1. The predicted octanol–water partition coefficient (Wildman–Crippen LogP) is 2.72. The zero-order valence-electron chi connectivity index (χ0n) is 12.9. The molecule has 0 atom stereocenters. The van der Waals surface area contributed by atoms with Crippen molar-refractivity contribution >= 4 is 38.9 Å². The van der Waals surface area contributed by atoms with Gasteiger partial charge in [0.1, 0.15) is 4.21 Å². The van der Waals surface area contributed by atoms with E-state index in [9.17, 15) is 13.2 Å². The zero-order chi connectivity index (χ0) is 16.5. The van der Waals surface area contributed by atoms with E-state index < -0.39 is 10.0 Å². The third-order valence-corrected chi connectivity index (χ3v) is 7.06. The second kappa shape index (κ2) is 6.47. The van der Waals surface area contributed by atoms with E-state index in [4.69, 9.17) is 11.6 Å². The summed E-state index contributed by atoms with van der Waals surface area (Å²) >= 11 is 6.87. The SMILES string of the molecule is CC(C)(C)NC(=O)C1CCN(S(=O)(=O)c2ccc(Cl)s2)CC1. The minimum Gasteiger partial charge on any atom is -0.351 e. The first-order valence-electron chi connectivity index (χ1n) is 7.17. The van der Waals surface area contributed by atoms with Crippen molar-refractivity contribution in [3.05, 3.63) is 16.5 Å². The highest BCUT2D eigenvalue weighted by Gasteiger charge is 2.33. The topological polar surface area (TPSA) is 66.5 Å². The molecule has 0 aromatic carbocycles. The molecule has 8 heteroatoms. The van der Waals surface area contributed by atoms with Gasteiger partial charge in [0.15, 0.2) is 0 Å². The number of hydrogen-bond acceptors (Lipinski definition) is 4. The molecule has 0 saturated carbocycles. The average Bonchev–Trinajstić information content (AvgIpc) is 2.84. The number of hydrogen-bond donors (Lipinski definition) is 1. The normalized spacial score (nSPS) is 18.4. The van der Waals surface area contributed by atoms with Crippen molar-refractivity contribution in [1.82, 2.24) is 9.62 Å². The van der Waals surface area contributed by atoms with Crippen LogP contribution < -0.4 is 5.32 Å². The molecular formula is C14H21ClN2O3S2. The van der Waals surface area contributed by atoms with E-state index in [0.29, 0.717) is 30.3 Å². The van der Waals surface area contributed by atoms with Crippen molar-refractivity contribution in [3.8, 4) is 0 Å². The van der Waals surface area contributed by atoms with Crippen LogP contribution in [-0.4, -0.2) is 37.3 Å². The Morgan fingerprint density at radius 2 is 1.91 bits per heavy atom. The lowest BCUT2D eigenvalue weighted by Gasteiger charge is -2.32. The maximum atomic E-state index is 12.5. The van der Waals surface area contributed by atoms with Gasteiger partial charge in [0.2, 0.25) is 5.91 Å². The molecule has 1 N–H and O–H groups in total. The number of rotatable bonds is 3. The van der Waals surface area contributed by atoms with Crippen LogP contribution in [0.25, 0.3) is 0 Å². The molecule has 0 aliphatic carbocycles. The van der Waals surface area contributed by atoms with E-state index in [2.05, 4.69) is 5.32 Å². The van der Waals surface area contributed by atoms with Crippen molar-refractivity contribution in [2.24, 2.45) is 5.92 Å². The fourth-order valence-corrected chi connectivity index (χ4v) is 5.50. The van der Waals surface area contributed by atoms with Crippen LogP contribution in [0.2, 0.25) is 4.34 Å². The minimum atomic E-state index is -3.49. The van der Waals surface area contributed by atoms with E-state index in [0.717, 1.165) is 11.3 Å². The molecule has 1 saturated heterocycles. The largest absolute Gasteiger partial charge is 0.351 e. The second-order valence-electron chi connectivity index (χ2n) is 6.48. The number of halogens is 1. The van der Waals surface area contributed by atoms with Gasteiger partial charge < -0.3 is 5.32 Å². The van der Waals surface area contributed by atoms with Gasteiger partial charge in [-0.2, -0.15) is 4.31 Å². The molecule has 0 spiro atoms. The van der Waals surface area contributed by atoms with Gasteiger partial charge in [-0.3, -0.25) is 4.79 Å². The third-order valence-electron chi connectivity index (χ3n) is 3.47. The number of piperidine rings is 1. The van der Waals surface area contributed by atoms with Crippen LogP contribution in [0.15, 0.2) is 16.3 Å². The summed E-state index contributed by atoms with van der Waals surface area (Å²) in [7, 11) is -3.49. The van der Waals surface area contributed by atoms with Gasteiger partial charge in [-0.05, 0) is 45.7 Å². The Labute approximate surface area is 140 Å². The molecule has 2 rings (SSSR count). The molecule has 1 aliphatic heterocycles. The van der Waals surface area contributed by atoms with Crippen molar-refractivity contribution in [2.75, 3.05) is 13.1 Å². The maximum Gasteiger partial charge on any atom is 0.252 e. The number of amides is 1. The van der Waals surface area contributed by atoms with Crippen molar-refractivity contribution in [1.29, 1.82) is 0 Å². The van der Waals surface area contributed by atoms with Gasteiger partial charge in [-0.15, -0.1) is 11.3 Å². The summed E-state index contributed by atoms with van der Waals surface area (Å²) in [5.41, 5.74) is -0.270. The van der Waals surface area contributed by atoms with Crippen LogP contribution in [0.1, 0.15) is 33.6 Å². The van der Waals surface area contributed by atoms with Crippen LogP contribution in [0.5, 0.6) is 0 Å². The van der Waals surface area contributed by atoms with E-state index in [1.165, 1.54) is 10.4 Å². The van der Waals surface area contributed by atoms with E-state index >= 15 is 0 Å². The van der Waals surface area contributed by atoms with Crippen LogP contribution in [0.3, 0.4) is 0 Å². The Morgan fingerprint density at radius 3 is 2.36 bits per heavy atom. The molecule has 0 radical (unpaired) electrons. The van der Waals surface area contributed by atoms with Gasteiger partial charge in [0, 0.05) is 24.5 Å². The molecule has 1 aliphatic rings. The van der Waals surface area contributed by atoms with E-state index in [1.807, 2.05) is 20.8 Å². The summed E-state index contributed by atoms with van der Waals surface area (Å²) in [5, 5.41) is 2.96. The van der Waals surface area contributed by atoms with Crippen molar-refractivity contribution in [2.45, 2.75) is 43.4 Å². The number of nitrogens with zero attached hydrogens (tertiary/aromatic N) is 1. The summed E-state index contributed by atoms with van der Waals surface area (Å²) in [4.78, 5) is 12.1. The highest BCUT2D eigenvalue weighted by Crippen LogP contribution is 2.30. The fourth-order valence-electron chi connectivity index (χ4n) is 2.39. The lowest BCUT2D eigenvalue weighted by atomic mass is 9.96. The Morgan fingerprint density at radius 1 is 1.32 bits per heavy atom. The molecule has 5 nitrogen and oxygen atoms in total. The quantitative estimate of drug-likeness (QED) is 0.896. The zero-order valence-corrected chi connectivity index (χ0v) is 15.3. The summed E-state index contributed by atoms with van der Waals surface area (Å²) in [5.74, 6) is -0.124. The molecule has 1 aromatic rings. The Bertz CT molecular complexity index is 641. The van der Waals surface area contributed by atoms with Crippen LogP contribution in [-0.2, 0) is 14.8 Å². The smallest absolute Gasteiger partial charge is 0.252 e. The predicted molar refractivity (Wildman–Crippen MR) is 88.7 cm³/mol. The molecular weight excluding hydrogens is 344 g/mol. The highest BCUT2D eigenvalue weighted by molar-refractivity contribution is 7.91. The van der Waals surface area contributed by atoms with E-state index in [1.54, 1.807) is 6.07 Å². The Hall–Kier alpha value is -0.630. The molecule has 124 valence electrons. The molecule has 1 amide bonds. The number of carbonyl (C=O) groups is 1. The van der Waals surface area contributed by atoms with Crippen LogP contribution >= 0.6 is 22.9 Å². The Balaban J connectivity index is 1.99. The lowest BCUT2D eigenvalue weighted by molar-refractivity contribution is -0.127. The third kappa shape index (κ3) is 4.22. The van der Waals surface area contributed by atoms with Crippen molar-refractivity contribution in [3.63, 3.8) is 0 Å². The first-order valence-corrected chi connectivity index (χ1v) is 9.80. The number of thiophene rings is 1. The summed E-state index contributed by atoms with van der Waals surface area (Å²) in [6.45, 7) is 6.53. The summed E-state index contributed by atoms with van der Waals surface area (Å²) in [6.07, 6.45) is 1.08. The molecule has 1 fully saturated rings. The van der Waals surface area contributed by atoms with E-state index in [-0.39, 0.29) is 21.6 Å². The maximum absolute atomic E-state index is 12.5. The number of sulfonamides is 1. The van der Waals surface area contributed by atoms with Crippen molar-refractivity contribution < 1.29 is 13.2 Å². The fraction of sp³-hybridized carbons (Fsp3) is 0.643. The molecule has 0 unspecified atom stereocenters. The van der Waals surface area contributed by atoms with Gasteiger partial charge in [-0.25, -0.2) is 8.42 Å². The highest BCUT2D eigenvalue weighted by atomic mass is 35.5. The van der Waals surface area contributed by atoms with Crippen LogP contribution in [0, 0.1) is 5.92 Å². The first-order chi connectivity index (χ1) is 10.1. The molecule has 22 heavy (non-hydrogen) atoms. The van der Waals surface area contributed by atoms with Crippen LogP contribution in [0.4, 0.5) is 0 Å². The first kappa shape index (κ1) is 17.7. The minimum absolute atomic E-state index is 0.00344. The monoisotopic (exact) mass is 364 g/mol. The van der Waals surface area contributed by atoms with Gasteiger partial charge >= 0.3 is 0 Å². The summed E-state index contributed by atoms with van der Waals surface area (Å²) < 4.78 is 27.1. The lowest BCUT2D eigenvalue weighted by Crippen LogP contribution is -2.47. The van der Waals surface area contributed by atoms with Gasteiger partial charge in [-0.1, -0.05) is 11.6 Å².